The summed E-state index contributed by atoms with van der Waals surface area (Å²) in [5.41, 5.74) is 1.91. The zero-order chi connectivity index (χ0) is 17.4. The molecule has 0 saturated carbocycles. The molecule has 0 aliphatic carbocycles. The number of aryl methyl sites for hydroxylation is 1. The third-order valence-corrected chi connectivity index (χ3v) is 4.51. The van der Waals surface area contributed by atoms with Gasteiger partial charge in [-0.05, 0) is 43.5 Å². The molecule has 2 aromatic rings. The standard InChI is InChI=1S/C19H24N2O2S/c1-4-16(5-2)21-19(22)11-8-15-6-9-18(10-7-15)23-12-17-13-24-14(3)20-17/h6-11,13,16H,4-5,12H2,1-3H3,(H,21,22)/b11-8+. The summed E-state index contributed by atoms with van der Waals surface area (Å²) in [5.74, 6) is 0.738. The van der Waals surface area contributed by atoms with Crippen molar-refractivity contribution in [3.8, 4) is 5.75 Å². The lowest BCUT2D eigenvalue weighted by Crippen LogP contribution is -2.32. The van der Waals surface area contributed by atoms with E-state index >= 15 is 0 Å². The van der Waals surface area contributed by atoms with Gasteiger partial charge in [0.1, 0.15) is 12.4 Å². The number of hydrogen-bond donors (Lipinski definition) is 1. The van der Waals surface area contributed by atoms with Crippen LogP contribution in [0.2, 0.25) is 0 Å². The molecule has 0 bridgehead atoms. The Hall–Kier alpha value is -2.14. The molecule has 0 aliphatic rings. The number of nitrogens with one attached hydrogen (secondary N) is 1. The van der Waals surface area contributed by atoms with Gasteiger partial charge in [-0.15, -0.1) is 11.3 Å². The van der Waals surface area contributed by atoms with Gasteiger partial charge < -0.3 is 10.1 Å². The SMILES string of the molecule is CCC(CC)NC(=O)/C=C/c1ccc(OCc2csc(C)n2)cc1. The second kappa shape index (κ2) is 9.23. The second-order valence-corrected chi connectivity index (χ2v) is 6.63. The van der Waals surface area contributed by atoms with E-state index in [2.05, 4.69) is 24.1 Å². The van der Waals surface area contributed by atoms with E-state index in [-0.39, 0.29) is 11.9 Å². The molecular weight excluding hydrogens is 320 g/mol. The number of rotatable bonds is 8. The number of carbonyl (C=O) groups is 1. The van der Waals surface area contributed by atoms with Crippen molar-refractivity contribution >= 4 is 23.3 Å². The van der Waals surface area contributed by atoms with Gasteiger partial charge in [0.15, 0.2) is 0 Å². The normalized spacial score (nSPS) is 11.2. The Balaban J connectivity index is 1.84. The Morgan fingerprint density at radius 1 is 1.29 bits per heavy atom. The average Bonchev–Trinajstić information content (AvgIpc) is 3.02. The fourth-order valence-electron chi connectivity index (χ4n) is 2.22. The van der Waals surface area contributed by atoms with Crippen molar-refractivity contribution in [1.29, 1.82) is 0 Å². The minimum atomic E-state index is -0.0528. The maximum absolute atomic E-state index is 11.8. The molecule has 24 heavy (non-hydrogen) atoms. The summed E-state index contributed by atoms with van der Waals surface area (Å²) in [4.78, 5) is 16.2. The molecule has 1 aromatic carbocycles. The van der Waals surface area contributed by atoms with E-state index in [0.29, 0.717) is 6.61 Å². The molecule has 1 N–H and O–H groups in total. The van der Waals surface area contributed by atoms with Crippen LogP contribution in [0.25, 0.3) is 6.08 Å². The van der Waals surface area contributed by atoms with Crippen molar-refractivity contribution in [1.82, 2.24) is 10.3 Å². The van der Waals surface area contributed by atoms with Gasteiger partial charge in [0, 0.05) is 17.5 Å². The molecule has 0 fully saturated rings. The molecule has 5 heteroatoms. The van der Waals surface area contributed by atoms with Crippen molar-refractivity contribution < 1.29 is 9.53 Å². The quantitative estimate of drug-likeness (QED) is 0.724. The number of carbonyl (C=O) groups excluding carboxylic acids is 1. The summed E-state index contributed by atoms with van der Waals surface area (Å²) in [6, 6.07) is 7.91. The van der Waals surface area contributed by atoms with Crippen LogP contribution in [0.3, 0.4) is 0 Å². The summed E-state index contributed by atoms with van der Waals surface area (Å²) < 4.78 is 5.71. The van der Waals surface area contributed by atoms with E-state index < -0.39 is 0 Å². The molecule has 4 nitrogen and oxygen atoms in total. The van der Waals surface area contributed by atoms with E-state index in [1.807, 2.05) is 42.6 Å². The number of benzene rings is 1. The summed E-state index contributed by atoms with van der Waals surface area (Å²) in [6.07, 6.45) is 5.28. The van der Waals surface area contributed by atoms with E-state index in [0.717, 1.165) is 34.9 Å². The van der Waals surface area contributed by atoms with Crippen molar-refractivity contribution in [3.63, 3.8) is 0 Å². The second-order valence-electron chi connectivity index (χ2n) is 5.57. The molecule has 0 spiro atoms. The molecule has 0 atom stereocenters. The number of aromatic nitrogens is 1. The number of amides is 1. The monoisotopic (exact) mass is 344 g/mol. The number of ether oxygens (including phenoxy) is 1. The van der Waals surface area contributed by atoms with Gasteiger partial charge in [-0.2, -0.15) is 0 Å². The number of hydrogen-bond acceptors (Lipinski definition) is 4. The molecule has 1 aromatic heterocycles. The van der Waals surface area contributed by atoms with Crippen LogP contribution >= 0.6 is 11.3 Å². The topological polar surface area (TPSA) is 51.2 Å². The minimum absolute atomic E-state index is 0.0528. The van der Waals surface area contributed by atoms with Crippen molar-refractivity contribution in [2.24, 2.45) is 0 Å². The summed E-state index contributed by atoms with van der Waals surface area (Å²) in [6.45, 7) is 6.60. The van der Waals surface area contributed by atoms with Gasteiger partial charge >= 0.3 is 0 Å². The van der Waals surface area contributed by atoms with Crippen LogP contribution in [-0.2, 0) is 11.4 Å². The molecular formula is C19H24N2O2S. The zero-order valence-corrected chi connectivity index (χ0v) is 15.2. The fraction of sp³-hybridized carbons (Fsp3) is 0.368. The highest BCUT2D eigenvalue weighted by molar-refractivity contribution is 7.09. The lowest BCUT2D eigenvalue weighted by atomic mass is 10.1. The van der Waals surface area contributed by atoms with Gasteiger partial charge in [0.25, 0.3) is 0 Å². The number of thiazole rings is 1. The van der Waals surface area contributed by atoms with Crippen molar-refractivity contribution in [3.05, 3.63) is 52.0 Å². The van der Waals surface area contributed by atoms with Crippen LogP contribution in [0.1, 0.15) is 43.0 Å². The highest BCUT2D eigenvalue weighted by Crippen LogP contribution is 2.16. The van der Waals surface area contributed by atoms with Gasteiger partial charge in [-0.1, -0.05) is 26.0 Å². The Labute approximate surface area is 147 Å². The van der Waals surface area contributed by atoms with E-state index in [1.165, 1.54) is 0 Å². The molecule has 0 radical (unpaired) electrons. The highest BCUT2D eigenvalue weighted by atomic mass is 32.1. The van der Waals surface area contributed by atoms with Crippen LogP contribution in [0.4, 0.5) is 0 Å². The predicted molar refractivity (Wildman–Crippen MR) is 99.2 cm³/mol. The fourth-order valence-corrected chi connectivity index (χ4v) is 2.82. The zero-order valence-electron chi connectivity index (χ0n) is 14.4. The molecule has 1 amide bonds. The van der Waals surface area contributed by atoms with E-state index in [9.17, 15) is 4.79 Å². The summed E-state index contributed by atoms with van der Waals surface area (Å²) in [5, 5.41) is 6.03. The smallest absolute Gasteiger partial charge is 0.244 e. The predicted octanol–water partition coefficient (Wildman–Crippen LogP) is 4.35. The largest absolute Gasteiger partial charge is 0.487 e. The highest BCUT2D eigenvalue weighted by Gasteiger charge is 2.05. The molecule has 1 heterocycles. The van der Waals surface area contributed by atoms with Crippen molar-refractivity contribution in [2.45, 2.75) is 46.3 Å². The first-order valence-corrected chi connectivity index (χ1v) is 9.11. The minimum Gasteiger partial charge on any atom is -0.487 e. The first-order chi connectivity index (χ1) is 11.6. The number of nitrogens with zero attached hydrogens (tertiary/aromatic N) is 1. The van der Waals surface area contributed by atoms with Gasteiger partial charge in [-0.3, -0.25) is 4.79 Å². The van der Waals surface area contributed by atoms with Crippen LogP contribution in [0, 0.1) is 6.92 Å². The first-order valence-electron chi connectivity index (χ1n) is 8.23. The molecule has 128 valence electrons. The van der Waals surface area contributed by atoms with Gasteiger partial charge in [-0.25, -0.2) is 4.98 Å². The maximum atomic E-state index is 11.8. The summed E-state index contributed by atoms with van der Waals surface area (Å²) in [7, 11) is 0. The maximum Gasteiger partial charge on any atom is 0.244 e. The summed E-state index contributed by atoms with van der Waals surface area (Å²) >= 11 is 1.62. The van der Waals surface area contributed by atoms with Crippen LogP contribution in [0.5, 0.6) is 5.75 Å². The van der Waals surface area contributed by atoms with E-state index in [4.69, 9.17) is 4.74 Å². The first kappa shape index (κ1) is 18.2. The van der Waals surface area contributed by atoms with Crippen LogP contribution in [-0.4, -0.2) is 16.9 Å². The molecule has 0 aliphatic heterocycles. The average molecular weight is 344 g/mol. The van der Waals surface area contributed by atoms with Crippen molar-refractivity contribution in [2.75, 3.05) is 0 Å². The molecule has 0 unspecified atom stereocenters. The Morgan fingerprint density at radius 2 is 2.00 bits per heavy atom. The Kier molecular flexibility index (Phi) is 7.00. The third-order valence-electron chi connectivity index (χ3n) is 3.69. The molecule has 2 rings (SSSR count). The lowest BCUT2D eigenvalue weighted by molar-refractivity contribution is -0.117. The Morgan fingerprint density at radius 3 is 2.58 bits per heavy atom. The van der Waals surface area contributed by atoms with Crippen LogP contribution in [0.15, 0.2) is 35.7 Å². The Bertz CT molecular complexity index is 673. The van der Waals surface area contributed by atoms with Gasteiger partial charge in [0.05, 0.1) is 10.7 Å². The van der Waals surface area contributed by atoms with Crippen LogP contribution < -0.4 is 10.1 Å². The third kappa shape index (κ3) is 5.81. The van der Waals surface area contributed by atoms with Gasteiger partial charge in [0.2, 0.25) is 5.91 Å². The molecule has 0 saturated heterocycles. The lowest BCUT2D eigenvalue weighted by Gasteiger charge is -2.12. The van der Waals surface area contributed by atoms with E-state index in [1.54, 1.807) is 17.4 Å².